The zero-order chi connectivity index (χ0) is 19.3. The van der Waals surface area contributed by atoms with Crippen molar-refractivity contribution in [3.63, 3.8) is 0 Å². The number of phenolic OH excluding ortho intramolecular Hbond substituents is 1. The smallest absolute Gasteiger partial charge is 0.170 e. The van der Waals surface area contributed by atoms with Gasteiger partial charge in [-0.3, -0.25) is 4.79 Å². The first-order chi connectivity index (χ1) is 12.5. The lowest BCUT2D eigenvalue weighted by atomic mass is 9.89. The van der Waals surface area contributed by atoms with Crippen LogP contribution >= 0.6 is 0 Å². The first kappa shape index (κ1) is 19.4. The van der Waals surface area contributed by atoms with E-state index in [0.717, 1.165) is 5.56 Å². The third-order valence-electron chi connectivity index (χ3n) is 4.29. The SMILES string of the molecule is C=CCc1cc(OC)c(O)c(C(C)C(=O)c2ccc(OC)c(OC)c2)c1. The summed E-state index contributed by atoms with van der Waals surface area (Å²) < 4.78 is 15.7. The molecule has 0 saturated carbocycles. The van der Waals surface area contributed by atoms with Gasteiger partial charge in [0.15, 0.2) is 28.8 Å². The van der Waals surface area contributed by atoms with Crippen molar-refractivity contribution in [3.8, 4) is 23.0 Å². The summed E-state index contributed by atoms with van der Waals surface area (Å²) in [5.41, 5.74) is 1.90. The molecule has 5 nitrogen and oxygen atoms in total. The fourth-order valence-electron chi connectivity index (χ4n) is 2.84. The van der Waals surface area contributed by atoms with Gasteiger partial charge in [-0.15, -0.1) is 6.58 Å². The number of ketones is 1. The number of Topliss-reactive ketones (excluding diaryl/α,β-unsaturated/α-hetero) is 1. The highest BCUT2D eigenvalue weighted by atomic mass is 16.5. The fourth-order valence-corrected chi connectivity index (χ4v) is 2.84. The molecule has 0 aliphatic heterocycles. The van der Waals surface area contributed by atoms with E-state index in [1.165, 1.54) is 21.3 Å². The highest BCUT2D eigenvalue weighted by Crippen LogP contribution is 2.38. The van der Waals surface area contributed by atoms with E-state index in [2.05, 4.69) is 6.58 Å². The minimum Gasteiger partial charge on any atom is -0.504 e. The van der Waals surface area contributed by atoms with E-state index in [9.17, 15) is 9.90 Å². The molecule has 1 N–H and O–H groups in total. The summed E-state index contributed by atoms with van der Waals surface area (Å²) in [5.74, 6) is 0.640. The molecule has 1 atom stereocenters. The molecular weight excluding hydrogens is 332 g/mol. The average Bonchev–Trinajstić information content (AvgIpc) is 2.67. The van der Waals surface area contributed by atoms with Crippen molar-refractivity contribution < 1.29 is 24.1 Å². The fraction of sp³-hybridized carbons (Fsp3) is 0.286. The molecule has 2 aromatic carbocycles. The van der Waals surface area contributed by atoms with E-state index >= 15 is 0 Å². The molecular formula is C21H24O5. The third kappa shape index (κ3) is 3.82. The number of aromatic hydroxyl groups is 1. The third-order valence-corrected chi connectivity index (χ3v) is 4.29. The van der Waals surface area contributed by atoms with Gasteiger partial charge < -0.3 is 19.3 Å². The molecule has 0 aliphatic rings. The number of carbonyl (C=O) groups excluding carboxylic acids is 1. The average molecular weight is 356 g/mol. The standard InChI is InChI=1S/C21H24O5/c1-6-7-14-10-16(21(23)19(11-14)26-5)13(2)20(22)15-8-9-17(24-3)18(12-15)25-4/h6,8-13,23H,1,7H2,2-5H3. The zero-order valence-corrected chi connectivity index (χ0v) is 15.5. The predicted octanol–water partition coefficient (Wildman–Crippen LogP) is 4.13. The van der Waals surface area contributed by atoms with Crippen LogP contribution in [-0.4, -0.2) is 32.2 Å². The maximum atomic E-state index is 13.0. The molecule has 2 rings (SSSR count). The van der Waals surface area contributed by atoms with Gasteiger partial charge >= 0.3 is 0 Å². The maximum Gasteiger partial charge on any atom is 0.170 e. The number of rotatable bonds is 8. The highest BCUT2D eigenvalue weighted by molar-refractivity contribution is 6.01. The minimum atomic E-state index is -0.563. The summed E-state index contributed by atoms with van der Waals surface area (Å²) >= 11 is 0. The Balaban J connectivity index is 2.44. The largest absolute Gasteiger partial charge is 0.504 e. The molecule has 0 aliphatic carbocycles. The molecule has 0 bridgehead atoms. The Morgan fingerprint density at radius 2 is 1.73 bits per heavy atom. The summed E-state index contributed by atoms with van der Waals surface area (Å²) in [4.78, 5) is 13.0. The van der Waals surface area contributed by atoms with Crippen LogP contribution in [0.4, 0.5) is 0 Å². The quantitative estimate of drug-likeness (QED) is 0.569. The van der Waals surface area contributed by atoms with Crippen LogP contribution in [-0.2, 0) is 6.42 Å². The zero-order valence-electron chi connectivity index (χ0n) is 15.5. The second-order valence-electron chi connectivity index (χ2n) is 5.88. The second-order valence-corrected chi connectivity index (χ2v) is 5.88. The molecule has 0 saturated heterocycles. The Morgan fingerprint density at radius 1 is 1.08 bits per heavy atom. The van der Waals surface area contributed by atoms with Crippen molar-refractivity contribution in [2.24, 2.45) is 0 Å². The number of benzene rings is 2. The van der Waals surface area contributed by atoms with Gasteiger partial charge in [0.2, 0.25) is 0 Å². The van der Waals surface area contributed by atoms with Crippen molar-refractivity contribution in [3.05, 3.63) is 59.7 Å². The van der Waals surface area contributed by atoms with Gasteiger partial charge in [0.25, 0.3) is 0 Å². The first-order valence-corrected chi connectivity index (χ1v) is 8.23. The van der Waals surface area contributed by atoms with Gasteiger partial charge in [0.1, 0.15) is 0 Å². The molecule has 0 radical (unpaired) electrons. The van der Waals surface area contributed by atoms with Crippen molar-refractivity contribution in [2.75, 3.05) is 21.3 Å². The molecule has 138 valence electrons. The Bertz CT molecular complexity index is 810. The number of hydrogen-bond acceptors (Lipinski definition) is 5. The Kier molecular flexibility index (Phi) is 6.28. The van der Waals surface area contributed by atoms with Crippen LogP contribution in [0.2, 0.25) is 0 Å². The summed E-state index contributed by atoms with van der Waals surface area (Å²) in [7, 11) is 4.54. The van der Waals surface area contributed by atoms with Gasteiger partial charge in [0, 0.05) is 17.0 Å². The normalized spacial score (nSPS) is 11.5. The Labute approximate surface area is 153 Å². The van der Waals surface area contributed by atoms with E-state index in [1.807, 2.05) is 6.07 Å². The van der Waals surface area contributed by atoms with Crippen LogP contribution in [0.5, 0.6) is 23.0 Å². The van der Waals surface area contributed by atoms with Gasteiger partial charge in [-0.1, -0.05) is 19.1 Å². The van der Waals surface area contributed by atoms with Crippen LogP contribution in [0.25, 0.3) is 0 Å². The maximum absolute atomic E-state index is 13.0. The van der Waals surface area contributed by atoms with Gasteiger partial charge in [-0.25, -0.2) is 0 Å². The molecule has 0 heterocycles. The van der Waals surface area contributed by atoms with Crippen molar-refractivity contribution >= 4 is 5.78 Å². The van der Waals surface area contributed by atoms with E-state index in [4.69, 9.17) is 14.2 Å². The summed E-state index contributed by atoms with van der Waals surface area (Å²) in [6.07, 6.45) is 2.37. The van der Waals surface area contributed by atoms with Crippen molar-refractivity contribution in [2.45, 2.75) is 19.3 Å². The molecule has 0 fully saturated rings. The van der Waals surface area contributed by atoms with Gasteiger partial charge in [0.05, 0.1) is 21.3 Å². The van der Waals surface area contributed by atoms with Gasteiger partial charge in [-0.2, -0.15) is 0 Å². The molecule has 0 amide bonds. The van der Waals surface area contributed by atoms with Crippen LogP contribution in [0.1, 0.15) is 34.3 Å². The van der Waals surface area contributed by atoms with Crippen LogP contribution in [0, 0.1) is 0 Å². The topological polar surface area (TPSA) is 65.0 Å². The summed E-state index contributed by atoms with van der Waals surface area (Å²) in [6.45, 7) is 5.49. The lowest BCUT2D eigenvalue weighted by molar-refractivity contribution is 0.0964. The van der Waals surface area contributed by atoms with Crippen LogP contribution in [0.3, 0.4) is 0 Å². The van der Waals surface area contributed by atoms with Crippen molar-refractivity contribution in [1.82, 2.24) is 0 Å². The Hall–Kier alpha value is -2.95. The highest BCUT2D eigenvalue weighted by Gasteiger charge is 2.24. The molecule has 5 heteroatoms. The summed E-state index contributed by atoms with van der Waals surface area (Å²) in [5, 5.41) is 10.5. The lowest BCUT2D eigenvalue weighted by Crippen LogP contribution is -2.11. The number of allylic oxidation sites excluding steroid dienone is 1. The van der Waals surface area contributed by atoms with E-state index in [0.29, 0.717) is 34.8 Å². The molecule has 1 unspecified atom stereocenters. The number of hydrogen-bond donors (Lipinski definition) is 1. The molecule has 2 aromatic rings. The molecule has 0 aromatic heterocycles. The molecule has 0 spiro atoms. The second kappa shape index (κ2) is 8.43. The predicted molar refractivity (Wildman–Crippen MR) is 101 cm³/mol. The number of ether oxygens (including phenoxy) is 3. The molecule has 26 heavy (non-hydrogen) atoms. The van der Waals surface area contributed by atoms with E-state index < -0.39 is 5.92 Å². The summed E-state index contributed by atoms with van der Waals surface area (Å²) in [6, 6.07) is 8.56. The first-order valence-electron chi connectivity index (χ1n) is 8.23. The monoisotopic (exact) mass is 356 g/mol. The minimum absolute atomic E-state index is 0.0263. The van der Waals surface area contributed by atoms with Crippen LogP contribution in [0.15, 0.2) is 43.0 Å². The van der Waals surface area contributed by atoms with Gasteiger partial charge in [-0.05, 0) is 36.2 Å². The number of carbonyl (C=O) groups is 1. The Morgan fingerprint density at radius 3 is 2.31 bits per heavy atom. The van der Waals surface area contributed by atoms with Crippen LogP contribution < -0.4 is 14.2 Å². The number of methoxy groups -OCH3 is 3. The number of phenols is 1. The van der Waals surface area contributed by atoms with E-state index in [1.54, 1.807) is 37.3 Å². The lowest BCUT2D eigenvalue weighted by Gasteiger charge is -2.17. The van der Waals surface area contributed by atoms with Crippen molar-refractivity contribution in [1.29, 1.82) is 0 Å². The van der Waals surface area contributed by atoms with E-state index in [-0.39, 0.29) is 11.5 Å².